The summed E-state index contributed by atoms with van der Waals surface area (Å²) in [6, 6.07) is 6.19. The molecule has 0 spiro atoms. The van der Waals surface area contributed by atoms with E-state index in [1.54, 1.807) is 12.1 Å². The summed E-state index contributed by atoms with van der Waals surface area (Å²) in [5, 5.41) is 8.07. The lowest BCUT2D eigenvalue weighted by molar-refractivity contribution is 0.101. The molecule has 3 rings (SSSR count). The number of Topliss-reactive ketones (excluding diaryl/α,β-unsaturated/α-hetero) is 1. The summed E-state index contributed by atoms with van der Waals surface area (Å²) in [6.07, 6.45) is 0. The van der Waals surface area contributed by atoms with E-state index in [1.165, 1.54) is 23.4 Å². The minimum Gasteiger partial charge on any atom is -0.424 e. The summed E-state index contributed by atoms with van der Waals surface area (Å²) in [6.45, 7) is 7.80. The molecule has 0 atom stereocenters. The van der Waals surface area contributed by atoms with Gasteiger partial charge < -0.3 is 4.42 Å². The molecule has 8 nitrogen and oxygen atoms in total. The molecule has 2 aromatic rings. The van der Waals surface area contributed by atoms with Crippen molar-refractivity contribution in [2.45, 2.75) is 38.1 Å². The molecule has 1 aliphatic heterocycles. The molecule has 0 saturated carbocycles. The molecule has 0 aliphatic carbocycles. The van der Waals surface area contributed by atoms with Crippen LogP contribution < -0.4 is 0 Å². The number of hydrogen-bond acceptors (Lipinski definition) is 7. The number of carbonyl (C=O) groups excluding carboxylic acids is 1. The van der Waals surface area contributed by atoms with E-state index < -0.39 is 10.0 Å². The van der Waals surface area contributed by atoms with Crippen molar-refractivity contribution < 1.29 is 17.6 Å². The van der Waals surface area contributed by atoms with Gasteiger partial charge in [-0.1, -0.05) is 26.0 Å². The van der Waals surface area contributed by atoms with Gasteiger partial charge in [0, 0.05) is 37.7 Å². The quantitative estimate of drug-likeness (QED) is 0.693. The minimum atomic E-state index is -3.62. The summed E-state index contributed by atoms with van der Waals surface area (Å²) in [4.78, 5) is 13.8. The largest absolute Gasteiger partial charge is 0.424 e. The second kappa shape index (κ2) is 7.87. The smallest absolute Gasteiger partial charge is 0.243 e. The highest BCUT2D eigenvalue weighted by molar-refractivity contribution is 7.89. The minimum absolute atomic E-state index is 0.155. The molecule has 1 aliphatic rings. The van der Waals surface area contributed by atoms with Crippen LogP contribution >= 0.6 is 0 Å². The van der Waals surface area contributed by atoms with E-state index >= 15 is 0 Å². The molecule has 146 valence electrons. The summed E-state index contributed by atoms with van der Waals surface area (Å²) < 4.78 is 32.8. The zero-order valence-electron chi connectivity index (χ0n) is 15.8. The third kappa shape index (κ3) is 4.42. The van der Waals surface area contributed by atoms with Gasteiger partial charge in [-0.15, -0.1) is 10.2 Å². The molecule has 0 unspecified atom stereocenters. The Balaban J connectivity index is 1.64. The van der Waals surface area contributed by atoms with Crippen LogP contribution in [-0.4, -0.2) is 59.8 Å². The van der Waals surface area contributed by atoms with Crippen molar-refractivity contribution in [3.05, 3.63) is 41.6 Å². The number of sulfonamides is 1. The van der Waals surface area contributed by atoms with Crippen molar-refractivity contribution in [2.24, 2.45) is 0 Å². The zero-order chi connectivity index (χ0) is 19.6. The van der Waals surface area contributed by atoms with Crippen LogP contribution in [0.5, 0.6) is 0 Å². The molecule has 0 radical (unpaired) electrons. The van der Waals surface area contributed by atoms with Gasteiger partial charge >= 0.3 is 0 Å². The molecular formula is C18H24N4O4S. The Labute approximate surface area is 159 Å². The van der Waals surface area contributed by atoms with Gasteiger partial charge in [0.1, 0.15) is 0 Å². The van der Waals surface area contributed by atoms with Crippen LogP contribution in [0, 0.1) is 0 Å². The van der Waals surface area contributed by atoms with Crippen molar-refractivity contribution in [3.8, 4) is 0 Å². The SMILES string of the molecule is CC(=O)c1cccc(S(=O)(=O)N2CCN(Cc3nnc(C(C)C)o3)CC2)c1. The molecule has 0 N–H and O–H groups in total. The molecule has 1 aromatic carbocycles. The second-order valence-corrected chi connectivity index (χ2v) is 8.89. The molecule has 0 amide bonds. The third-order valence-electron chi connectivity index (χ3n) is 4.54. The van der Waals surface area contributed by atoms with Gasteiger partial charge in [0.05, 0.1) is 11.4 Å². The van der Waals surface area contributed by atoms with Crippen LogP contribution in [0.4, 0.5) is 0 Å². The Hall–Kier alpha value is -2.10. The highest BCUT2D eigenvalue weighted by atomic mass is 32.2. The maximum absolute atomic E-state index is 12.9. The highest BCUT2D eigenvalue weighted by Gasteiger charge is 2.29. The summed E-state index contributed by atoms with van der Waals surface area (Å²) in [5.41, 5.74) is 0.395. The van der Waals surface area contributed by atoms with Gasteiger partial charge in [0.2, 0.25) is 21.8 Å². The van der Waals surface area contributed by atoms with Gasteiger partial charge in [0.25, 0.3) is 0 Å². The number of ketones is 1. The fourth-order valence-electron chi connectivity index (χ4n) is 2.91. The van der Waals surface area contributed by atoms with Crippen molar-refractivity contribution >= 4 is 15.8 Å². The average molecular weight is 392 g/mol. The lowest BCUT2D eigenvalue weighted by atomic mass is 10.2. The summed E-state index contributed by atoms with van der Waals surface area (Å²) in [7, 11) is -3.62. The van der Waals surface area contributed by atoms with E-state index in [0.717, 1.165) is 0 Å². The normalized spacial score (nSPS) is 16.7. The van der Waals surface area contributed by atoms with Gasteiger partial charge in [-0.2, -0.15) is 4.31 Å². The number of aromatic nitrogens is 2. The predicted octanol–water partition coefficient (Wildman–Crippen LogP) is 1.90. The van der Waals surface area contributed by atoms with Gasteiger partial charge in [-0.25, -0.2) is 8.42 Å². The van der Waals surface area contributed by atoms with Gasteiger partial charge in [-0.05, 0) is 19.1 Å². The summed E-state index contributed by atoms with van der Waals surface area (Å²) >= 11 is 0. The van der Waals surface area contributed by atoms with Crippen LogP contribution in [0.3, 0.4) is 0 Å². The Morgan fingerprint density at radius 3 is 2.48 bits per heavy atom. The number of carbonyl (C=O) groups is 1. The number of benzene rings is 1. The van der Waals surface area contributed by atoms with Gasteiger partial charge in [0.15, 0.2) is 5.78 Å². The first-order valence-corrected chi connectivity index (χ1v) is 10.4. The zero-order valence-corrected chi connectivity index (χ0v) is 16.6. The van der Waals surface area contributed by atoms with Crippen LogP contribution in [0.15, 0.2) is 33.6 Å². The van der Waals surface area contributed by atoms with Gasteiger partial charge in [-0.3, -0.25) is 9.69 Å². The van der Waals surface area contributed by atoms with Crippen molar-refractivity contribution in [3.63, 3.8) is 0 Å². The Morgan fingerprint density at radius 1 is 1.19 bits per heavy atom. The average Bonchev–Trinajstić information content (AvgIpc) is 3.11. The highest BCUT2D eigenvalue weighted by Crippen LogP contribution is 2.20. The molecule has 0 bridgehead atoms. The number of hydrogen-bond donors (Lipinski definition) is 0. The first-order chi connectivity index (χ1) is 12.8. The van der Waals surface area contributed by atoms with E-state index in [9.17, 15) is 13.2 Å². The fourth-order valence-corrected chi connectivity index (χ4v) is 4.38. The molecule has 1 aromatic heterocycles. The van der Waals surface area contributed by atoms with Crippen molar-refractivity contribution in [1.29, 1.82) is 0 Å². The Bertz CT molecular complexity index is 915. The lowest BCUT2D eigenvalue weighted by Crippen LogP contribution is -2.48. The van der Waals surface area contributed by atoms with Crippen molar-refractivity contribution in [1.82, 2.24) is 19.4 Å². The molecule has 2 heterocycles. The van der Waals surface area contributed by atoms with Crippen LogP contribution in [0.25, 0.3) is 0 Å². The van der Waals surface area contributed by atoms with E-state index in [4.69, 9.17) is 4.42 Å². The maximum Gasteiger partial charge on any atom is 0.243 e. The molecule has 27 heavy (non-hydrogen) atoms. The molecule has 1 saturated heterocycles. The summed E-state index contributed by atoms with van der Waals surface area (Å²) in [5.74, 6) is 1.18. The molecular weight excluding hydrogens is 368 g/mol. The maximum atomic E-state index is 12.9. The third-order valence-corrected chi connectivity index (χ3v) is 6.44. The topological polar surface area (TPSA) is 96.6 Å². The van der Waals surface area contributed by atoms with E-state index in [0.29, 0.717) is 50.1 Å². The van der Waals surface area contributed by atoms with Crippen LogP contribution in [0.1, 0.15) is 48.8 Å². The van der Waals surface area contributed by atoms with Crippen LogP contribution in [-0.2, 0) is 16.6 Å². The van der Waals surface area contributed by atoms with E-state index in [-0.39, 0.29) is 16.6 Å². The van der Waals surface area contributed by atoms with Crippen molar-refractivity contribution in [2.75, 3.05) is 26.2 Å². The lowest BCUT2D eigenvalue weighted by Gasteiger charge is -2.33. The monoisotopic (exact) mass is 392 g/mol. The van der Waals surface area contributed by atoms with E-state index in [2.05, 4.69) is 15.1 Å². The van der Waals surface area contributed by atoms with E-state index in [1.807, 2.05) is 13.8 Å². The fraction of sp³-hybridized carbons (Fsp3) is 0.500. The van der Waals surface area contributed by atoms with Crippen LogP contribution in [0.2, 0.25) is 0 Å². The predicted molar refractivity (Wildman–Crippen MR) is 98.9 cm³/mol. The standard InChI is InChI=1S/C18H24N4O4S/c1-13(2)18-20-19-17(26-18)12-21-7-9-22(10-8-21)27(24,25)16-6-4-5-15(11-16)14(3)23/h4-6,11,13H,7-10,12H2,1-3H3. The first kappa shape index (κ1) is 19.7. The molecule has 1 fully saturated rings. The number of piperazine rings is 1. The number of rotatable bonds is 6. The Morgan fingerprint density at radius 2 is 1.89 bits per heavy atom. The number of nitrogens with zero attached hydrogens (tertiary/aromatic N) is 4. The first-order valence-electron chi connectivity index (χ1n) is 8.93. The second-order valence-electron chi connectivity index (χ2n) is 6.95. The Kier molecular flexibility index (Phi) is 5.73. The molecule has 9 heteroatoms.